The summed E-state index contributed by atoms with van der Waals surface area (Å²) in [4.78, 5) is 4.41. The quantitative estimate of drug-likeness (QED) is 0.794. The summed E-state index contributed by atoms with van der Waals surface area (Å²) in [5, 5.41) is 3.26. The van der Waals surface area contributed by atoms with Crippen molar-refractivity contribution in [3.63, 3.8) is 0 Å². The Balaban J connectivity index is 1.96. The molecule has 1 aromatic carbocycles. The van der Waals surface area contributed by atoms with Gasteiger partial charge in [-0.05, 0) is 37.2 Å². The van der Waals surface area contributed by atoms with Gasteiger partial charge in [-0.25, -0.2) is 4.39 Å². The van der Waals surface area contributed by atoms with Crippen LogP contribution in [0.5, 0.6) is 5.75 Å². The molecule has 0 unspecified atom stereocenters. The summed E-state index contributed by atoms with van der Waals surface area (Å²) >= 11 is 0. The van der Waals surface area contributed by atoms with Crippen molar-refractivity contribution in [2.75, 3.05) is 6.54 Å². The number of hydrogen-bond acceptors (Lipinski definition) is 3. The van der Waals surface area contributed by atoms with Gasteiger partial charge in [0.05, 0.1) is 11.4 Å². The van der Waals surface area contributed by atoms with Crippen LogP contribution in [0.15, 0.2) is 36.4 Å². The van der Waals surface area contributed by atoms with Crippen LogP contribution in [0.3, 0.4) is 0 Å². The topological polar surface area (TPSA) is 34.1 Å². The van der Waals surface area contributed by atoms with Gasteiger partial charge in [0.2, 0.25) is 5.82 Å². The van der Waals surface area contributed by atoms with Crippen molar-refractivity contribution in [1.29, 1.82) is 0 Å². The molecule has 0 aliphatic heterocycles. The summed E-state index contributed by atoms with van der Waals surface area (Å²) in [6.45, 7) is 3.80. The van der Waals surface area contributed by atoms with Crippen LogP contribution in [-0.2, 0) is 13.2 Å². The highest BCUT2D eigenvalue weighted by molar-refractivity contribution is 5.25. The maximum Gasteiger partial charge on any atom is 0.200 e. The van der Waals surface area contributed by atoms with Gasteiger partial charge in [0.15, 0.2) is 11.6 Å². The first-order chi connectivity index (χ1) is 10.2. The molecule has 0 radical (unpaired) electrons. The summed E-state index contributed by atoms with van der Waals surface area (Å²) in [5.74, 6) is -2.00. The molecule has 0 aliphatic rings. The van der Waals surface area contributed by atoms with E-state index >= 15 is 0 Å². The molecule has 1 N–H and O–H groups in total. The van der Waals surface area contributed by atoms with Crippen molar-refractivity contribution >= 4 is 0 Å². The Labute approximate surface area is 123 Å². The van der Waals surface area contributed by atoms with E-state index in [0.717, 1.165) is 24.7 Å². The first-order valence-corrected chi connectivity index (χ1v) is 6.93. The zero-order chi connectivity index (χ0) is 15.1. The lowest BCUT2D eigenvalue weighted by atomic mass is 10.3. The van der Waals surface area contributed by atoms with Gasteiger partial charge in [0.25, 0.3) is 0 Å². The Bertz CT molecular complexity index is 590. The van der Waals surface area contributed by atoms with Crippen LogP contribution in [0, 0.1) is 11.6 Å². The zero-order valence-electron chi connectivity index (χ0n) is 11.9. The SMILES string of the molecule is CCCNCc1cccc(COc2cccc(F)c2F)n1. The number of aromatic nitrogens is 1. The maximum absolute atomic E-state index is 13.5. The van der Waals surface area contributed by atoms with E-state index in [0.29, 0.717) is 12.2 Å². The van der Waals surface area contributed by atoms with Gasteiger partial charge in [0.1, 0.15) is 6.61 Å². The molecule has 0 amide bonds. The van der Waals surface area contributed by atoms with Crippen LogP contribution in [0.4, 0.5) is 8.78 Å². The van der Waals surface area contributed by atoms with Gasteiger partial charge >= 0.3 is 0 Å². The Morgan fingerprint density at radius 1 is 1.10 bits per heavy atom. The predicted octanol–water partition coefficient (Wildman–Crippen LogP) is 3.44. The Morgan fingerprint density at radius 2 is 1.86 bits per heavy atom. The highest BCUT2D eigenvalue weighted by atomic mass is 19.2. The van der Waals surface area contributed by atoms with Gasteiger partial charge in [-0.3, -0.25) is 4.98 Å². The molecule has 5 heteroatoms. The van der Waals surface area contributed by atoms with E-state index in [9.17, 15) is 8.78 Å². The van der Waals surface area contributed by atoms with E-state index in [1.807, 2.05) is 12.1 Å². The van der Waals surface area contributed by atoms with Crippen molar-refractivity contribution in [3.05, 3.63) is 59.4 Å². The molecule has 0 bridgehead atoms. The summed E-state index contributed by atoms with van der Waals surface area (Å²) in [7, 11) is 0. The van der Waals surface area contributed by atoms with Gasteiger partial charge in [-0.1, -0.05) is 19.1 Å². The first-order valence-electron chi connectivity index (χ1n) is 6.93. The van der Waals surface area contributed by atoms with Crippen LogP contribution in [0.2, 0.25) is 0 Å². The number of hydrogen-bond donors (Lipinski definition) is 1. The Hall–Kier alpha value is -2.01. The molecule has 0 saturated carbocycles. The molecule has 3 nitrogen and oxygen atoms in total. The molecule has 112 valence electrons. The highest BCUT2D eigenvalue weighted by Crippen LogP contribution is 2.20. The van der Waals surface area contributed by atoms with Crippen LogP contribution < -0.4 is 10.1 Å². The van der Waals surface area contributed by atoms with Crippen LogP contribution >= 0.6 is 0 Å². The van der Waals surface area contributed by atoms with Crippen molar-refractivity contribution in [2.45, 2.75) is 26.5 Å². The molecule has 0 spiro atoms. The number of rotatable bonds is 7. The lowest BCUT2D eigenvalue weighted by Crippen LogP contribution is -2.15. The van der Waals surface area contributed by atoms with E-state index in [2.05, 4.69) is 17.2 Å². The van der Waals surface area contributed by atoms with E-state index in [1.165, 1.54) is 12.1 Å². The summed E-state index contributed by atoms with van der Waals surface area (Å²) in [6, 6.07) is 9.43. The molecular weight excluding hydrogens is 274 g/mol. The second-order valence-corrected chi connectivity index (χ2v) is 4.64. The second kappa shape index (κ2) is 7.69. The third-order valence-electron chi connectivity index (χ3n) is 2.89. The predicted molar refractivity (Wildman–Crippen MR) is 76.9 cm³/mol. The normalized spacial score (nSPS) is 10.6. The van der Waals surface area contributed by atoms with Crippen LogP contribution in [-0.4, -0.2) is 11.5 Å². The number of ether oxygens (including phenoxy) is 1. The number of nitrogens with zero attached hydrogens (tertiary/aromatic N) is 1. The number of halogens is 2. The molecule has 2 rings (SSSR count). The standard InChI is InChI=1S/C16H18F2N2O/c1-2-9-19-10-12-5-3-6-13(20-12)11-21-15-8-4-7-14(17)16(15)18/h3-8,19H,2,9-11H2,1H3. The average molecular weight is 292 g/mol. The number of benzene rings is 1. The fourth-order valence-electron chi connectivity index (χ4n) is 1.85. The van der Waals surface area contributed by atoms with Crippen molar-refractivity contribution in [3.8, 4) is 5.75 Å². The second-order valence-electron chi connectivity index (χ2n) is 4.64. The molecule has 0 fully saturated rings. The van der Waals surface area contributed by atoms with Gasteiger partial charge in [-0.15, -0.1) is 0 Å². The Kier molecular flexibility index (Phi) is 5.63. The van der Waals surface area contributed by atoms with Crippen molar-refractivity contribution in [1.82, 2.24) is 10.3 Å². The smallest absolute Gasteiger partial charge is 0.200 e. The molecule has 0 aliphatic carbocycles. The largest absolute Gasteiger partial charge is 0.484 e. The van der Waals surface area contributed by atoms with Crippen LogP contribution in [0.1, 0.15) is 24.7 Å². The summed E-state index contributed by atoms with van der Waals surface area (Å²) < 4.78 is 31.8. The van der Waals surface area contributed by atoms with Crippen molar-refractivity contribution in [2.24, 2.45) is 0 Å². The fourth-order valence-corrected chi connectivity index (χ4v) is 1.85. The lowest BCUT2D eigenvalue weighted by Gasteiger charge is -2.08. The lowest BCUT2D eigenvalue weighted by molar-refractivity contribution is 0.280. The maximum atomic E-state index is 13.5. The minimum absolute atomic E-state index is 0.0992. The van der Waals surface area contributed by atoms with E-state index in [1.54, 1.807) is 6.07 Å². The summed E-state index contributed by atoms with van der Waals surface area (Å²) in [6.07, 6.45) is 1.06. The molecule has 1 aromatic heterocycles. The highest BCUT2D eigenvalue weighted by Gasteiger charge is 2.09. The molecule has 0 atom stereocenters. The minimum atomic E-state index is -0.974. The van der Waals surface area contributed by atoms with Crippen LogP contribution in [0.25, 0.3) is 0 Å². The molecule has 21 heavy (non-hydrogen) atoms. The summed E-state index contributed by atoms with van der Waals surface area (Å²) in [5.41, 5.74) is 1.57. The zero-order valence-corrected chi connectivity index (χ0v) is 11.9. The average Bonchev–Trinajstić information content (AvgIpc) is 2.50. The van der Waals surface area contributed by atoms with Gasteiger partial charge in [-0.2, -0.15) is 4.39 Å². The number of pyridine rings is 1. The fraction of sp³-hybridized carbons (Fsp3) is 0.312. The monoisotopic (exact) mass is 292 g/mol. The van der Waals surface area contributed by atoms with Crippen molar-refractivity contribution < 1.29 is 13.5 Å². The molecule has 0 saturated heterocycles. The van der Waals surface area contributed by atoms with E-state index in [4.69, 9.17) is 4.74 Å². The number of nitrogens with one attached hydrogen (secondary N) is 1. The van der Waals surface area contributed by atoms with Gasteiger partial charge in [0, 0.05) is 6.54 Å². The Morgan fingerprint density at radius 3 is 2.67 bits per heavy atom. The minimum Gasteiger partial charge on any atom is -0.484 e. The third kappa shape index (κ3) is 4.49. The van der Waals surface area contributed by atoms with E-state index < -0.39 is 11.6 Å². The molecule has 1 heterocycles. The third-order valence-corrected chi connectivity index (χ3v) is 2.89. The molecule has 2 aromatic rings. The van der Waals surface area contributed by atoms with E-state index in [-0.39, 0.29) is 12.4 Å². The first kappa shape index (κ1) is 15.4. The molecular formula is C16H18F2N2O. The van der Waals surface area contributed by atoms with Gasteiger partial charge < -0.3 is 10.1 Å².